The highest BCUT2D eigenvalue weighted by Gasteiger charge is 2.54. The average Bonchev–Trinajstić information content (AvgIpc) is 2.71. The minimum atomic E-state index is -3.93. The van der Waals surface area contributed by atoms with Gasteiger partial charge in [-0.05, 0) is 20.8 Å². The second-order valence-corrected chi connectivity index (χ2v) is 11.3. The average molecular weight is 372 g/mol. The Morgan fingerprint density at radius 3 is 2.17 bits per heavy atom. The molecule has 2 aliphatic heterocycles. The topological polar surface area (TPSA) is 116 Å². The maximum absolute atomic E-state index is 12.1. The van der Waals surface area contributed by atoms with E-state index >= 15 is 0 Å². The summed E-state index contributed by atoms with van der Waals surface area (Å²) in [7, 11) is -7.61. The van der Waals surface area contributed by atoms with E-state index in [2.05, 4.69) is 0 Å². The molecule has 5 atom stereocenters. The van der Waals surface area contributed by atoms with E-state index in [0.717, 1.165) is 0 Å². The van der Waals surface area contributed by atoms with Crippen molar-refractivity contribution in [2.24, 2.45) is 0 Å². The van der Waals surface area contributed by atoms with Crippen LogP contribution < -0.4 is 0 Å². The Hall–Kier alpha value is -0.260. The van der Waals surface area contributed by atoms with Gasteiger partial charge in [0.25, 0.3) is 0 Å². The summed E-state index contributed by atoms with van der Waals surface area (Å²) >= 11 is 0. The van der Waals surface area contributed by atoms with Crippen LogP contribution in [0.4, 0.5) is 0 Å². The Morgan fingerprint density at radius 1 is 1.04 bits per heavy atom. The van der Waals surface area contributed by atoms with E-state index in [-0.39, 0.29) is 5.75 Å². The maximum Gasteiger partial charge on any atom is 0.167 e. The lowest BCUT2D eigenvalue weighted by Crippen LogP contribution is -2.57. The van der Waals surface area contributed by atoms with Gasteiger partial charge in [0.2, 0.25) is 0 Å². The number of fused-ring (bicyclic) bond motifs is 1. The predicted octanol–water partition coefficient (Wildman–Crippen LogP) is -0.538. The molecular weight excluding hydrogens is 348 g/mol. The van der Waals surface area contributed by atoms with Crippen LogP contribution in [0, 0.1) is 0 Å². The molecule has 2 fully saturated rings. The molecule has 2 aliphatic rings. The molecule has 5 unspecified atom stereocenters. The zero-order chi connectivity index (χ0) is 17.6. The fraction of sp³-hybridized carbons (Fsp3) is 1.00. The molecule has 0 aromatic carbocycles. The first-order valence-electron chi connectivity index (χ1n) is 7.46. The highest BCUT2D eigenvalue weighted by atomic mass is 32.3. The third-order valence-electron chi connectivity index (χ3n) is 3.95. The Bertz CT molecular complexity index is 639. The number of sulfone groups is 2. The first-order valence-corrected chi connectivity index (χ1v) is 11.1. The van der Waals surface area contributed by atoms with Crippen molar-refractivity contribution in [3.8, 4) is 0 Å². The highest BCUT2D eigenvalue weighted by Crippen LogP contribution is 2.37. The lowest BCUT2D eigenvalue weighted by Gasteiger charge is -2.38. The van der Waals surface area contributed by atoms with Crippen LogP contribution in [-0.2, 0) is 33.9 Å². The molecule has 0 aromatic rings. The summed E-state index contributed by atoms with van der Waals surface area (Å²) in [5, 5.41) is 9.41. The zero-order valence-electron chi connectivity index (χ0n) is 13.6. The molecule has 0 spiro atoms. The van der Waals surface area contributed by atoms with Crippen molar-refractivity contribution in [2.75, 3.05) is 16.6 Å². The number of hydrogen-bond acceptors (Lipinski definition) is 8. The number of aliphatic hydroxyl groups excluding tert-OH is 1. The predicted molar refractivity (Wildman–Crippen MR) is 82.3 cm³/mol. The zero-order valence-corrected chi connectivity index (χ0v) is 15.3. The lowest BCUT2D eigenvalue weighted by atomic mass is 9.96. The first-order chi connectivity index (χ1) is 10.4. The van der Waals surface area contributed by atoms with Crippen molar-refractivity contribution in [3.05, 3.63) is 0 Å². The van der Waals surface area contributed by atoms with Gasteiger partial charge in [0.15, 0.2) is 30.5 Å². The fourth-order valence-corrected chi connectivity index (χ4v) is 6.90. The van der Waals surface area contributed by atoms with E-state index in [1.165, 1.54) is 6.92 Å². The van der Waals surface area contributed by atoms with Gasteiger partial charge >= 0.3 is 0 Å². The molecule has 0 amide bonds. The van der Waals surface area contributed by atoms with Crippen molar-refractivity contribution >= 4 is 19.7 Å². The van der Waals surface area contributed by atoms with Gasteiger partial charge in [0.05, 0.1) is 11.9 Å². The van der Waals surface area contributed by atoms with E-state index in [0.29, 0.717) is 0 Å². The third kappa shape index (κ3) is 4.43. The number of aliphatic hydroxyl groups is 1. The van der Waals surface area contributed by atoms with E-state index in [1.54, 1.807) is 20.8 Å². The molecule has 2 saturated heterocycles. The molecule has 0 radical (unpaired) electrons. The van der Waals surface area contributed by atoms with Crippen LogP contribution in [0.1, 0.15) is 27.7 Å². The molecule has 0 bridgehead atoms. The van der Waals surface area contributed by atoms with Crippen LogP contribution in [-0.4, -0.2) is 74.8 Å². The van der Waals surface area contributed by atoms with Gasteiger partial charge in [-0.15, -0.1) is 0 Å². The van der Waals surface area contributed by atoms with Crippen molar-refractivity contribution in [1.29, 1.82) is 0 Å². The van der Waals surface area contributed by atoms with Gasteiger partial charge in [0.1, 0.15) is 24.4 Å². The standard InChI is InChI=1S/C13H24O8S2/c1-5-22(15,16)7-23(17,18)6-9-10(14)12-11(8(2)19-9)20-13(3,4)21-12/h8-12,14H,5-7H2,1-4H3. The van der Waals surface area contributed by atoms with Crippen molar-refractivity contribution in [3.63, 3.8) is 0 Å². The van der Waals surface area contributed by atoms with Crippen molar-refractivity contribution in [2.45, 2.75) is 64.0 Å². The summed E-state index contributed by atoms with van der Waals surface area (Å²) in [6, 6.07) is 0. The van der Waals surface area contributed by atoms with E-state index in [9.17, 15) is 21.9 Å². The summed E-state index contributed by atoms with van der Waals surface area (Å²) in [5.74, 6) is -1.73. The second kappa shape index (κ2) is 6.23. The largest absolute Gasteiger partial charge is 0.388 e. The number of rotatable bonds is 5. The van der Waals surface area contributed by atoms with Gasteiger partial charge in [-0.2, -0.15) is 0 Å². The molecule has 136 valence electrons. The summed E-state index contributed by atoms with van der Waals surface area (Å²) in [6.45, 7) is 6.49. The van der Waals surface area contributed by atoms with Gasteiger partial charge in [-0.1, -0.05) is 6.92 Å². The van der Waals surface area contributed by atoms with Crippen LogP contribution in [0.15, 0.2) is 0 Å². The van der Waals surface area contributed by atoms with Gasteiger partial charge < -0.3 is 19.3 Å². The minimum Gasteiger partial charge on any atom is -0.388 e. The molecule has 0 aromatic heterocycles. The molecule has 8 nitrogen and oxygen atoms in total. The molecule has 23 heavy (non-hydrogen) atoms. The van der Waals surface area contributed by atoms with Crippen LogP contribution in [0.5, 0.6) is 0 Å². The molecule has 0 saturated carbocycles. The van der Waals surface area contributed by atoms with E-state index in [1.807, 2.05) is 0 Å². The summed E-state index contributed by atoms with van der Waals surface area (Å²) in [5.41, 5.74) is 0. The summed E-state index contributed by atoms with van der Waals surface area (Å²) in [4.78, 5) is 0. The quantitative estimate of drug-likeness (QED) is 0.684. The minimum absolute atomic E-state index is 0.257. The Labute approximate surface area is 136 Å². The SMILES string of the molecule is CCS(=O)(=O)CS(=O)(=O)CC1OC(C)C2OC(C)(C)OC2C1O. The molecular formula is C13H24O8S2. The molecule has 10 heteroatoms. The molecule has 0 aliphatic carbocycles. The van der Waals surface area contributed by atoms with Crippen LogP contribution in [0.25, 0.3) is 0 Å². The second-order valence-electron chi connectivity index (χ2n) is 6.50. The highest BCUT2D eigenvalue weighted by molar-refractivity contribution is 8.08. The Kier molecular flexibility index (Phi) is 5.17. The van der Waals surface area contributed by atoms with Gasteiger partial charge in [-0.3, -0.25) is 0 Å². The van der Waals surface area contributed by atoms with E-state index in [4.69, 9.17) is 14.2 Å². The van der Waals surface area contributed by atoms with Crippen LogP contribution in [0.2, 0.25) is 0 Å². The normalized spacial score (nSPS) is 37.5. The molecule has 2 heterocycles. The Balaban J connectivity index is 2.13. The summed E-state index contributed by atoms with van der Waals surface area (Å²) < 4.78 is 64.1. The van der Waals surface area contributed by atoms with Crippen molar-refractivity contribution < 1.29 is 36.2 Å². The van der Waals surface area contributed by atoms with Crippen LogP contribution >= 0.6 is 0 Å². The number of hydrogen-bond donors (Lipinski definition) is 1. The maximum atomic E-state index is 12.1. The monoisotopic (exact) mass is 372 g/mol. The smallest absolute Gasteiger partial charge is 0.167 e. The van der Waals surface area contributed by atoms with Gasteiger partial charge in [0, 0.05) is 5.75 Å². The fourth-order valence-electron chi connectivity index (χ4n) is 2.88. The van der Waals surface area contributed by atoms with E-state index < -0.39 is 66.8 Å². The van der Waals surface area contributed by atoms with Crippen molar-refractivity contribution in [1.82, 2.24) is 0 Å². The third-order valence-corrected chi connectivity index (χ3v) is 8.54. The summed E-state index contributed by atoms with van der Waals surface area (Å²) in [6.07, 6.45) is -3.96. The Morgan fingerprint density at radius 2 is 1.61 bits per heavy atom. The van der Waals surface area contributed by atoms with Crippen LogP contribution in [0.3, 0.4) is 0 Å². The van der Waals surface area contributed by atoms with Gasteiger partial charge in [-0.25, -0.2) is 16.8 Å². The molecule has 1 N–H and O–H groups in total. The lowest BCUT2D eigenvalue weighted by molar-refractivity contribution is -0.173. The number of ether oxygens (including phenoxy) is 3. The molecule has 2 rings (SSSR count). The first kappa shape index (κ1) is 19.1.